The number of rotatable bonds is 9. The maximum absolute atomic E-state index is 15.5. The molecule has 2 bridgehead atoms. The van der Waals surface area contributed by atoms with E-state index in [1.54, 1.807) is 39.0 Å². The van der Waals surface area contributed by atoms with Gasteiger partial charge in [-0.25, -0.2) is 14.4 Å². The van der Waals surface area contributed by atoms with Crippen LogP contribution in [-0.4, -0.2) is 99.9 Å². The lowest BCUT2D eigenvalue weighted by molar-refractivity contribution is -0.323. The molecule has 3 N–H and O–H groups in total. The van der Waals surface area contributed by atoms with Crippen molar-refractivity contribution in [2.45, 2.75) is 134 Å². The monoisotopic (exact) mass is 899 g/mol. The highest BCUT2D eigenvalue weighted by Gasteiger charge is 2.84. The second-order valence-corrected chi connectivity index (χ2v) is 19.0. The Kier molecular flexibility index (Phi) is 11.6. The van der Waals surface area contributed by atoms with E-state index >= 15 is 4.79 Å². The molecule has 5 aliphatic rings. The Balaban J connectivity index is 1.38. The smallest absolute Gasteiger partial charge is 0.416 e. The third-order valence-corrected chi connectivity index (χ3v) is 13.6. The van der Waals surface area contributed by atoms with Crippen LogP contribution >= 0.6 is 0 Å². The van der Waals surface area contributed by atoms with E-state index in [9.17, 15) is 47.4 Å². The number of esters is 4. The first kappa shape index (κ1) is 46.7. The third-order valence-electron chi connectivity index (χ3n) is 13.6. The fraction of sp³-hybridized carbons (Fsp3) is 0.565. The molecule has 2 aromatic carbocycles. The zero-order valence-corrected chi connectivity index (χ0v) is 36.6. The number of nitrogens with one attached hydrogen (secondary N) is 1. The summed E-state index contributed by atoms with van der Waals surface area (Å²) in [7, 11) is 0. The molecule has 1 saturated heterocycles. The molecular weight excluding hydrogens is 847 g/mol. The highest BCUT2D eigenvalue weighted by atomic mass is 19.4. The molecule has 346 valence electrons. The molecular formula is C46H52F3NO14. The molecule has 1 amide bonds. The van der Waals surface area contributed by atoms with Gasteiger partial charge in [-0.2, -0.15) is 13.2 Å². The normalized spacial score (nSPS) is 32.3. The second-order valence-electron chi connectivity index (χ2n) is 19.0. The van der Waals surface area contributed by atoms with Crippen LogP contribution in [-0.2, 0) is 53.8 Å². The number of hydrogen-bond acceptors (Lipinski definition) is 14. The van der Waals surface area contributed by atoms with Crippen molar-refractivity contribution < 1.29 is 80.6 Å². The molecule has 15 nitrogen and oxygen atoms in total. The number of benzene rings is 2. The molecule has 2 aromatic rings. The minimum absolute atomic E-state index is 0.0210. The number of halogens is 3. The van der Waals surface area contributed by atoms with Gasteiger partial charge in [-0.3, -0.25) is 14.4 Å². The molecule has 4 aliphatic carbocycles. The summed E-state index contributed by atoms with van der Waals surface area (Å²) >= 11 is 0. The van der Waals surface area contributed by atoms with Gasteiger partial charge in [0.15, 0.2) is 23.6 Å². The van der Waals surface area contributed by atoms with Gasteiger partial charge in [0.25, 0.3) is 0 Å². The largest absolute Gasteiger partial charge is 0.456 e. The van der Waals surface area contributed by atoms with Gasteiger partial charge in [0.2, 0.25) is 0 Å². The Morgan fingerprint density at radius 1 is 0.922 bits per heavy atom. The average Bonchev–Trinajstić information content (AvgIpc) is 3.92. The van der Waals surface area contributed by atoms with Crippen LogP contribution < -0.4 is 5.32 Å². The number of carbonyl (C=O) groups excluding carboxylic acids is 6. The number of carbonyl (C=O) groups is 6. The number of alkyl carbamates (subject to hydrolysis) is 1. The van der Waals surface area contributed by atoms with Crippen molar-refractivity contribution >= 4 is 35.8 Å². The lowest BCUT2D eigenvalue weighted by Crippen LogP contribution is -2.78. The van der Waals surface area contributed by atoms with Crippen LogP contribution in [0.3, 0.4) is 0 Å². The highest BCUT2D eigenvalue weighted by Crippen LogP contribution is 2.74. The maximum atomic E-state index is 15.5. The van der Waals surface area contributed by atoms with Crippen molar-refractivity contribution in [3.8, 4) is 0 Å². The summed E-state index contributed by atoms with van der Waals surface area (Å²) in [5, 5.41) is 27.9. The summed E-state index contributed by atoms with van der Waals surface area (Å²) < 4.78 is 77.3. The zero-order valence-electron chi connectivity index (χ0n) is 36.6. The van der Waals surface area contributed by atoms with Gasteiger partial charge in [0.1, 0.15) is 29.5 Å². The Bertz CT molecular complexity index is 2290. The summed E-state index contributed by atoms with van der Waals surface area (Å²) in [5.74, 6) is -7.01. The first-order valence-electron chi connectivity index (χ1n) is 21.0. The number of ether oxygens (including phenoxy) is 6. The molecule has 4 fully saturated rings. The molecule has 11 atom stereocenters. The van der Waals surface area contributed by atoms with Crippen LogP contribution in [0.4, 0.5) is 18.0 Å². The second kappa shape index (κ2) is 16.0. The SMILES string of the molecule is CC(=O)O[C@H]1C(=O)[C@]23C[C@H]2C[C@H]2OC[C@@]2(OC(C)=O)[C@H]3[C@H](OC(=O)c2cccc(C(F)(F)F)c2)[C@]2(O)C[C@H](OC(=O)[C@H](O)[C@H](NC(=O)OC(C)(C)C)c3ccccc3)C(C)=C1C2(C)C. The molecule has 1 aliphatic heterocycles. The van der Waals surface area contributed by atoms with Crippen LogP contribution in [0.1, 0.15) is 102 Å². The molecule has 18 heteroatoms. The lowest BCUT2D eigenvalue weighted by atomic mass is 9.48. The molecule has 0 aromatic heterocycles. The first-order chi connectivity index (χ1) is 29.7. The van der Waals surface area contributed by atoms with E-state index in [4.69, 9.17) is 28.4 Å². The minimum atomic E-state index is -4.86. The zero-order chi connectivity index (χ0) is 47.1. The lowest BCUT2D eigenvalue weighted by Gasteiger charge is -2.64. The molecule has 3 saturated carbocycles. The Morgan fingerprint density at radius 3 is 2.17 bits per heavy atom. The van der Waals surface area contributed by atoms with Crippen molar-refractivity contribution in [1.82, 2.24) is 5.32 Å². The van der Waals surface area contributed by atoms with E-state index in [0.717, 1.165) is 32.0 Å². The number of aliphatic hydroxyl groups excluding tert-OH is 1. The molecule has 7 rings (SSSR count). The standard InChI is InChI=1S/C46H52F3NO14/c1-22-29(61-39(56)33(53)32(25-13-10-9-11-14-25)50-40(57)64-41(4,5)6)20-45(58)37(62-38(55)26-15-12-16-27(17-26)46(47,48)49)35-43(36(54)34(60-23(2)51)31(22)42(45,7)8)19-28(43)18-30-44(35,21-59-30)63-24(3)52/h9-17,28-30,32-35,37,53,58H,18-21H2,1-8H3,(H,50,57)/t28-,29+,30-,32-,33-,34-,35+,37+,43-,44+,45-/m1/s1. The van der Waals surface area contributed by atoms with Crippen LogP contribution in [0.5, 0.6) is 0 Å². The Labute approximate surface area is 366 Å². The van der Waals surface area contributed by atoms with E-state index in [-0.39, 0.29) is 36.2 Å². The number of aliphatic hydroxyl groups is 2. The summed E-state index contributed by atoms with van der Waals surface area (Å²) in [4.78, 5) is 83.0. The molecule has 64 heavy (non-hydrogen) atoms. The van der Waals surface area contributed by atoms with E-state index < -0.39 is 136 Å². The van der Waals surface area contributed by atoms with Crippen molar-refractivity contribution in [2.24, 2.45) is 22.7 Å². The number of hydrogen-bond donors (Lipinski definition) is 3. The van der Waals surface area contributed by atoms with Crippen LogP contribution in [0.2, 0.25) is 0 Å². The van der Waals surface area contributed by atoms with Gasteiger partial charge in [0, 0.05) is 31.1 Å². The van der Waals surface area contributed by atoms with Crippen molar-refractivity contribution in [3.63, 3.8) is 0 Å². The van der Waals surface area contributed by atoms with Crippen LogP contribution in [0.25, 0.3) is 0 Å². The quantitative estimate of drug-likeness (QED) is 0.162. The Hall–Kier alpha value is -5.33. The summed E-state index contributed by atoms with van der Waals surface area (Å²) in [6.07, 6.45) is -14.4. The van der Waals surface area contributed by atoms with Crippen LogP contribution in [0.15, 0.2) is 65.7 Å². The predicted octanol–water partition coefficient (Wildman–Crippen LogP) is 5.49. The van der Waals surface area contributed by atoms with E-state index in [0.29, 0.717) is 6.07 Å². The van der Waals surface area contributed by atoms with Gasteiger partial charge in [0.05, 0.1) is 29.7 Å². The van der Waals surface area contributed by atoms with E-state index in [1.165, 1.54) is 32.9 Å². The Morgan fingerprint density at radius 2 is 1.59 bits per heavy atom. The highest BCUT2D eigenvalue weighted by molar-refractivity contribution is 5.97. The van der Waals surface area contributed by atoms with E-state index in [1.807, 2.05) is 0 Å². The topological polar surface area (TPSA) is 210 Å². The van der Waals surface area contributed by atoms with Gasteiger partial charge >= 0.3 is 36.1 Å². The number of alkyl halides is 3. The van der Waals surface area contributed by atoms with E-state index in [2.05, 4.69) is 5.32 Å². The van der Waals surface area contributed by atoms with Crippen LogP contribution in [0, 0.1) is 22.7 Å². The minimum Gasteiger partial charge on any atom is -0.456 e. The number of amides is 1. The van der Waals surface area contributed by atoms with Gasteiger partial charge in [-0.1, -0.05) is 50.2 Å². The average molecular weight is 900 g/mol. The number of Topliss-reactive ketones (excluding diaryl/α,β-unsaturated/α-hetero) is 1. The first-order valence-corrected chi connectivity index (χ1v) is 21.0. The summed E-state index contributed by atoms with van der Waals surface area (Å²) in [5.41, 5.74) is -9.89. The maximum Gasteiger partial charge on any atom is 0.416 e. The van der Waals surface area contributed by atoms with Crippen molar-refractivity contribution in [3.05, 3.63) is 82.4 Å². The van der Waals surface area contributed by atoms with Crippen molar-refractivity contribution in [1.29, 1.82) is 0 Å². The molecule has 1 spiro atoms. The van der Waals surface area contributed by atoms with Gasteiger partial charge in [-0.15, -0.1) is 0 Å². The fourth-order valence-electron chi connectivity index (χ4n) is 10.7. The number of ketones is 1. The van der Waals surface area contributed by atoms with Gasteiger partial charge < -0.3 is 44.0 Å². The molecule has 0 radical (unpaired) electrons. The predicted molar refractivity (Wildman–Crippen MR) is 215 cm³/mol. The van der Waals surface area contributed by atoms with Gasteiger partial charge in [-0.05, 0) is 81.4 Å². The number of fused-ring (bicyclic) bond motifs is 4. The third kappa shape index (κ3) is 7.84. The molecule has 1 heterocycles. The summed E-state index contributed by atoms with van der Waals surface area (Å²) in [6.45, 7) is 11.2. The summed E-state index contributed by atoms with van der Waals surface area (Å²) in [6, 6.07) is 9.93. The van der Waals surface area contributed by atoms with Crippen molar-refractivity contribution in [2.75, 3.05) is 6.61 Å². The molecule has 0 unspecified atom stereocenters. The fourth-order valence-corrected chi connectivity index (χ4v) is 10.7.